The Balaban J connectivity index is 2.58. The van der Waals surface area contributed by atoms with Crippen molar-refractivity contribution in [3.63, 3.8) is 0 Å². The zero-order chi connectivity index (χ0) is 9.14. The van der Waals surface area contributed by atoms with Crippen molar-refractivity contribution in [2.75, 3.05) is 6.54 Å². The van der Waals surface area contributed by atoms with Crippen molar-refractivity contribution < 1.29 is 4.79 Å². The topological polar surface area (TPSA) is 32.3 Å². The van der Waals surface area contributed by atoms with Crippen molar-refractivity contribution in [1.82, 2.24) is 10.2 Å². The van der Waals surface area contributed by atoms with Crippen LogP contribution in [0.2, 0.25) is 0 Å². The van der Waals surface area contributed by atoms with E-state index in [9.17, 15) is 4.79 Å². The molecular weight excluding hydrogens is 152 g/mol. The number of hydrogen-bond donors (Lipinski definition) is 1. The fourth-order valence-electron chi connectivity index (χ4n) is 1.74. The second kappa shape index (κ2) is 3.90. The summed E-state index contributed by atoms with van der Waals surface area (Å²) >= 11 is 0. The first kappa shape index (κ1) is 9.52. The molecule has 0 spiro atoms. The third-order valence-corrected chi connectivity index (χ3v) is 2.37. The van der Waals surface area contributed by atoms with E-state index in [1.54, 1.807) is 0 Å². The van der Waals surface area contributed by atoms with E-state index in [0.29, 0.717) is 0 Å². The van der Waals surface area contributed by atoms with Gasteiger partial charge in [0, 0.05) is 6.54 Å². The third-order valence-electron chi connectivity index (χ3n) is 2.37. The molecule has 1 saturated heterocycles. The average Bonchev–Trinajstić information content (AvgIpc) is 2.29. The van der Waals surface area contributed by atoms with Gasteiger partial charge < -0.3 is 4.90 Å². The van der Waals surface area contributed by atoms with Gasteiger partial charge in [0.1, 0.15) is 0 Å². The van der Waals surface area contributed by atoms with Crippen LogP contribution in [0.3, 0.4) is 0 Å². The van der Waals surface area contributed by atoms with Gasteiger partial charge in [0.25, 0.3) is 0 Å². The summed E-state index contributed by atoms with van der Waals surface area (Å²) in [5.74, 6) is 0.246. The van der Waals surface area contributed by atoms with Gasteiger partial charge in [0.2, 0.25) is 5.91 Å². The van der Waals surface area contributed by atoms with Gasteiger partial charge in [-0.15, -0.1) is 0 Å². The molecule has 1 aliphatic heterocycles. The van der Waals surface area contributed by atoms with E-state index < -0.39 is 0 Å². The Bertz CT molecular complexity index is 170. The van der Waals surface area contributed by atoms with Gasteiger partial charge in [-0.3, -0.25) is 10.1 Å². The van der Waals surface area contributed by atoms with Crippen molar-refractivity contribution in [1.29, 1.82) is 0 Å². The minimum absolute atomic E-state index is 0.0153. The van der Waals surface area contributed by atoms with Crippen molar-refractivity contribution >= 4 is 5.91 Å². The summed E-state index contributed by atoms with van der Waals surface area (Å²) in [5.41, 5.74) is 0. The largest absolute Gasteiger partial charge is 0.326 e. The smallest absolute Gasteiger partial charge is 0.240 e. The molecule has 2 unspecified atom stereocenters. The highest BCUT2D eigenvalue weighted by Gasteiger charge is 2.33. The maximum atomic E-state index is 11.5. The van der Waals surface area contributed by atoms with E-state index in [2.05, 4.69) is 12.2 Å². The summed E-state index contributed by atoms with van der Waals surface area (Å²) in [4.78, 5) is 13.4. The SMILES string of the molecule is CCCC1NC(C)C(=O)N1CC. The van der Waals surface area contributed by atoms with Gasteiger partial charge in [0.05, 0.1) is 12.2 Å². The summed E-state index contributed by atoms with van der Waals surface area (Å²) in [5, 5.41) is 3.28. The third kappa shape index (κ3) is 1.61. The quantitative estimate of drug-likeness (QED) is 0.684. The lowest BCUT2D eigenvalue weighted by atomic mass is 10.2. The van der Waals surface area contributed by atoms with Gasteiger partial charge in [-0.25, -0.2) is 0 Å². The number of carbonyl (C=O) groups excluding carboxylic acids is 1. The summed E-state index contributed by atoms with van der Waals surface area (Å²) in [6.07, 6.45) is 2.46. The van der Waals surface area contributed by atoms with Gasteiger partial charge in [0.15, 0.2) is 0 Å². The maximum absolute atomic E-state index is 11.5. The lowest BCUT2D eigenvalue weighted by molar-refractivity contribution is -0.129. The number of likely N-dealkylation sites (N-methyl/N-ethyl adjacent to an activating group) is 1. The molecule has 0 bridgehead atoms. The number of rotatable bonds is 3. The summed E-state index contributed by atoms with van der Waals surface area (Å²) in [7, 11) is 0. The van der Waals surface area contributed by atoms with E-state index in [0.717, 1.165) is 19.4 Å². The van der Waals surface area contributed by atoms with E-state index in [4.69, 9.17) is 0 Å². The average molecular weight is 170 g/mol. The van der Waals surface area contributed by atoms with E-state index in [-0.39, 0.29) is 18.1 Å². The first-order valence-electron chi connectivity index (χ1n) is 4.77. The maximum Gasteiger partial charge on any atom is 0.240 e. The Morgan fingerprint density at radius 1 is 1.50 bits per heavy atom. The molecular formula is C9H18N2O. The minimum atomic E-state index is 0.0153. The van der Waals surface area contributed by atoms with Crippen LogP contribution in [0, 0.1) is 0 Å². The first-order chi connectivity index (χ1) is 5.70. The molecule has 1 N–H and O–H groups in total. The Morgan fingerprint density at radius 3 is 2.67 bits per heavy atom. The summed E-state index contributed by atoms with van der Waals surface area (Å²) in [6, 6.07) is 0.0153. The van der Waals surface area contributed by atoms with Crippen LogP contribution in [0.1, 0.15) is 33.6 Å². The highest BCUT2D eigenvalue weighted by molar-refractivity contribution is 5.83. The molecule has 2 atom stereocenters. The standard InChI is InChI=1S/C9H18N2O/c1-4-6-8-10-7(3)9(12)11(8)5-2/h7-8,10H,4-6H2,1-3H3. The number of nitrogens with one attached hydrogen (secondary N) is 1. The highest BCUT2D eigenvalue weighted by Crippen LogP contribution is 2.13. The molecule has 12 heavy (non-hydrogen) atoms. The normalized spacial score (nSPS) is 29.9. The molecule has 1 aliphatic rings. The number of carbonyl (C=O) groups is 1. The zero-order valence-corrected chi connectivity index (χ0v) is 8.13. The Hall–Kier alpha value is -0.570. The molecule has 3 heteroatoms. The Labute approximate surface area is 74.1 Å². The molecule has 3 nitrogen and oxygen atoms in total. The Kier molecular flexibility index (Phi) is 3.09. The first-order valence-corrected chi connectivity index (χ1v) is 4.77. The lowest BCUT2D eigenvalue weighted by Crippen LogP contribution is -2.36. The zero-order valence-electron chi connectivity index (χ0n) is 8.13. The molecule has 1 amide bonds. The molecule has 1 heterocycles. The number of amides is 1. The van der Waals surface area contributed by atoms with E-state index >= 15 is 0 Å². The molecule has 0 radical (unpaired) electrons. The monoisotopic (exact) mass is 170 g/mol. The molecule has 70 valence electrons. The van der Waals surface area contributed by atoms with Crippen molar-refractivity contribution in [2.45, 2.75) is 45.8 Å². The fourth-order valence-corrected chi connectivity index (χ4v) is 1.74. The molecule has 0 aliphatic carbocycles. The fraction of sp³-hybridized carbons (Fsp3) is 0.889. The van der Waals surface area contributed by atoms with Crippen LogP contribution in [-0.2, 0) is 4.79 Å². The van der Waals surface area contributed by atoms with Crippen LogP contribution in [0.4, 0.5) is 0 Å². The molecule has 0 aromatic rings. The van der Waals surface area contributed by atoms with Crippen molar-refractivity contribution in [3.8, 4) is 0 Å². The van der Waals surface area contributed by atoms with Crippen LogP contribution >= 0.6 is 0 Å². The van der Waals surface area contributed by atoms with Crippen molar-refractivity contribution in [3.05, 3.63) is 0 Å². The second-order valence-electron chi connectivity index (χ2n) is 3.32. The van der Waals surface area contributed by atoms with Crippen LogP contribution in [0.15, 0.2) is 0 Å². The van der Waals surface area contributed by atoms with E-state index in [1.165, 1.54) is 0 Å². The van der Waals surface area contributed by atoms with E-state index in [1.807, 2.05) is 18.7 Å². The summed E-state index contributed by atoms with van der Waals surface area (Å²) in [6.45, 7) is 6.92. The van der Waals surface area contributed by atoms with Gasteiger partial charge in [-0.05, 0) is 20.3 Å². The van der Waals surface area contributed by atoms with Crippen LogP contribution in [-0.4, -0.2) is 29.6 Å². The van der Waals surface area contributed by atoms with Gasteiger partial charge >= 0.3 is 0 Å². The molecule has 1 fully saturated rings. The van der Waals surface area contributed by atoms with Crippen LogP contribution in [0.25, 0.3) is 0 Å². The molecule has 1 rings (SSSR count). The second-order valence-corrected chi connectivity index (χ2v) is 3.32. The van der Waals surface area contributed by atoms with Crippen LogP contribution < -0.4 is 5.32 Å². The highest BCUT2D eigenvalue weighted by atomic mass is 16.2. The minimum Gasteiger partial charge on any atom is -0.326 e. The summed E-state index contributed by atoms with van der Waals surface area (Å²) < 4.78 is 0. The molecule has 0 aromatic carbocycles. The van der Waals surface area contributed by atoms with Gasteiger partial charge in [-0.2, -0.15) is 0 Å². The molecule has 0 aromatic heterocycles. The lowest BCUT2D eigenvalue weighted by Gasteiger charge is -2.21. The predicted octanol–water partition coefficient (Wildman–Crippen LogP) is 0.953. The number of nitrogens with zero attached hydrogens (tertiary/aromatic N) is 1. The van der Waals surface area contributed by atoms with Crippen molar-refractivity contribution in [2.24, 2.45) is 0 Å². The molecule has 0 saturated carbocycles. The number of hydrogen-bond acceptors (Lipinski definition) is 2. The predicted molar refractivity (Wildman–Crippen MR) is 48.7 cm³/mol. The Morgan fingerprint density at radius 2 is 2.17 bits per heavy atom. The van der Waals surface area contributed by atoms with Gasteiger partial charge in [-0.1, -0.05) is 13.3 Å². The van der Waals surface area contributed by atoms with Crippen LogP contribution in [0.5, 0.6) is 0 Å².